The summed E-state index contributed by atoms with van der Waals surface area (Å²) >= 11 is 0. The first-order chi connectivity index (χ1) is 19.7. The molecule has 220 valence electrons. The van der Waals surface area contributed by atoms with E-state index in [4.69, 9.17) is 14.8 Å². The van der Waals surface area contributed by atoms with Crippen LogP contribution in [-0.4, -0.2) is 90.7 Å². The smallest absolute Gasteiger partial charge is 0.328 e. The van der Waals surface area contributed by atoms with Crippen molar-refractivity contribution in [1.29, 1.82) is 0 Å². The maximum Gasteiger partial charge on any atom is 0.328 e. The number of hydrogen-bond acceptors (Lipinski definition) is 9. The lowest BCUT2D eigenvalue weighted by Crippen LogP contribution is -2.55. The summed E-state index contributed by atoms with van der Waals surface area (Å²) in [7, 11) is 5.15. The first-order valence-electron chi connectivity index (χ1n) is 14.0. The zero-order chi connectivity index (χ0) is 29.5. The van der Waals surface area contributed by atoms with Gasteiger partial charge in [-0.2, -0.15) is 4.98 Å². The van der Waals surface area contributed by atoms with E-state index >= 15 is 0 Å². The molecular formula is C29H39N7O5. The van der Waals surface area contributed by atoms with E-state index < -0.39 is 5.97 Å². The van der Waals surface area contributed by atoms with Crippen molar-refractivity contribution in [2.45, 2.75) is 51.1 Å². The Morgan fingerprint density at radius 2 is 2.02 bits per heavy atom. The lowest BCUT2D eigenvalue weighted by Gasteiger charge is -2.43. The van der Waals surface area contributed by atoms with Crippen LogP contribution in [0.2, 0.25) is 0 Å². The number of likely N-dealkylation sites (N-methyl/N-ethyl adjacent to an activating group) is 2. The Balaban J connectivity index is 1.47. The molecule has 4 rings (SSSR count). The quantitative estimate of drug-likeness (QED) is 0.329. The van der Waals surface area contributed by atoms with Crippen molar-refractivity contribution >= 4 is 40.9 Å². The zero-order valence-corrected chi connectivity index (χ0v) is 24.1. The number of aromatic nitrogens is 2. The van der Waals surface area contributed by atoms with Crippen LogP contribution in [0.3, 0.4) is 0 Å². The van der Waals surface area contributed by atoms with Gasteiger partial charge in [-0.3, -0.25) is 9.59 Å². The van der Waals surface area contributed by atoms with Crippen LogP contribution >= 0.6 is 0 Å². The Morgan fingerprint density at radius 3 is 2.71 bits per heavy atom. The number of nitrogens with zero attached hydrogens (tertiary/aromatic N) is 5. The van der Waals surface area contributed by atoms with E-state index in [0.29, 0.717) is 54.7 Å². The Bertz CT molecular complexity index is 1290. The molecule has 1 aromatic carbocycles. The van der Waals surface area contributed by atoms with Gasteiger partial charge < -0.3 is 35.2 Å². The number of carbonyl (C=O) groups is 3. The normalized spacial score (nSPS) is 17.3. The summed E-state index contributed by atoms with van der Waals surface area (Å²) < 4.78 is 5.57. The molecule has 2 aromatic rings. The summed E-state index contributed by atoms with van der Waals surface area (Å²) in [6.07, 6.45) is 9.39. The second-order valence-electron chi connectivity index (χ2n) is 10.4. The highest BCUT2D eigenvalue weighted by molar-refractivity contribution is 6.04. The number of carboxylic acids is 1. The monoisotopic (exact) mass is 565 g/mol. The lowest BCUT2D eigenvalue weighted by molar-refractivity contribution is -0.131. The van der Waals surface area contributed by atoms with E-state index in [1.54, 1.807) is 42.4 Å². The van der Waals surface area contributed by atoms with Gasteiger partial charge in [-0.1, -0.05) is 25.8 Å². The molecule has 1 atom stereocenters. The number of anilines is 4. The van der Waals surface area contributed by atoms with Crippen LogP contribution in [0.5, 0.6) is 5.75 Å². The van der Waals surface area contributed by atoms with Gasteiger partial charge in [0.05, 0.1) is 19.0 Å². The molecule has 1 aliphatic heterocycles. The number of methoxy groups -OCH3 is 1. The molecule has 12 heteroatoms. The highest BCUT2D eigenvalue weighted by atomic mass is 16.5. The number of rotatable bonds is 12. The van der Waals surface area contributed by atoms with Crippen LogP contribution in [0.4, 0.5) is 23.1 Å². The van der Waals surface area contributed by atoms with E-state index in [9.17, 15) is 14.4 Å². The van der Waals surface area contributed by atoms with Gasteiger partial charge in [0, 0.05) is 44.4 Å². The van der Waals surface area contributed by atoms with E-state index in [0.717, 1.165) is 37.6 Å². The summed E-state index contributed by atoms with van der Waals surface area (Å²) in [6.45, 7) is 3.45. The highest BCUT2D eigenvalue weighted by Crippen LogP contribution is 2.40. The SMILES string of the molecule is CCC1C(=O)N(C)c2cnc(Nc3ccc(C(=O)NCCN(C)C/C=C/C(=O)O)cc3OC)nc2N1C1CCCC1. The van der Waals surface area contributed by atoms with Gasteiger partial charge in [-0.25, -0.2) is 9.78 Å². The van der Waals surface area contributed by atoms with E-state index in [1.165, 1.54) is 7.11 Å². The van der Waals surface area contributed by atoms with Crippen LogP contribution in [0.1, 0.15) is 49.4 Å². The highest BCUT2D eigenvalue weighted by Gasteiger charge is 2.41. The van der Waals surface area contributed by atoms with Gasteiger partial charge in [0.15, 0.2) is 5.82 Å². The van der Waals surface area contributed by atoms with Crippen LogP contribution in [-0.2, 0) is 9.59 Å². The molecule has 1 unspecified atom stereocenters. The van der Waals surface area contributed by atoms with Crippen molar-refractivity contribution in [1.82, 2.24) is 20.2 Å². The molecule has 0 saturated heterocycles. The Labute approximate surface area is 240 Å². The van der Waals surface area contributed by atoms with Crippen molar-refractivity contribution in [3.8, 4) is 5.75 Å². The molecule has 0 bridgehead atoms. The number of nitrogens with one attached hydrogen (secondary N) is 2. The Morgan fingerprint density at radius 1 is 1.27 bits per heavy atom. The van der Waals surface area contributed by atoms with Crippen molar-refractivity contribution in [3.05, 3.63) is 42.1 Å². The number of carboxylic acid groups (broad SMARTS) is 1. The molecule has 1 aliphatic carbocycles. The number of carbonyl (C=O) groups excluding carboxylic acids is 2. The second-order valence-corrected chi connectivity index (χ2v) is 10.4. The third-order valence-electron chi connectivity index (χ3n) is 7.58. The van der Waals surface area contributed by atoms with Gasteiger partial charge in [-0.05, 0) is 44.5 Å². The number of hydrogen-bond donors (Lipinski definition) is 3. The van der Waals surface area contributed by atoms with E-state index in [2.05, 4.69) is 20.5 Å². The minimum Gasteiger partial charge on any atom is -0.495 e. The third kappa shape index (κ3) is 6.94. The topological polar surface area (TPSA) is 140 Å². The van der Waals surface area contributed by atoms with Gasteiger partial charge in [0.25, 0.3) is 5.91 Å². The van der Waals surface area contributed by atoms with Crippen molar-refractivity contribution in [2.24, 2.45) is 0 Å². The molecule has 0 radical (unpaired) electrons. The number of ether oxygens (including phenoxy) is 1. The maximum atomic E-state index is 13.1. The van der Waals surface area contributed by atoms with Crippen LogP contribution < -0.4 is 25.2 Å². The number of benzene rings is 1. The molecule has 3 N–H and O–H groups in total. The Kier molecular flexibility index (Phi) is 9.77. The average molecular weight is 566 g/mol. The number of amides is 2. The first kappa shape index (κ1) is 29.8. The van der Waals surface area contributed by atoms with Crippen molar-refractivity contribution in [3.63, 3.8) is 0 Å². The second kappa shape index (κ2) is 13.4. The lowest BCUT2D eigenvalue weighted by atomic mass is 10.0. The molecule has 1 saturated carbocycles. The summed E-state index contributed by atoms with van der Waals surface area (Å²) in [4.78, 5) is 51.6. The molecule has 2 heterocycles. The summed E-state index contributed by atoms with van der Waals surface area (Å²) in [5.41, 5.74) is 1.74. The Hall–Kier alpha value is -4.19. The fourth-order valence-corrected chi connectivity index (χ4v) is 5.39. The van der Waals surface area contributed by atoms with Gasteiger partial charge >= 0.3 is 5.97 Å². The van der Waals surface area contributed by atoms with Crippen LogP contribution in [0, 0.1) is 0 Å². The van der Waals surface area contributed by atoms with E-state index in [-0.39, 0.29) is 23.9 Å². The van der Waals surface area contributed by atoms with E-state index in [1.807, 2.05) is 18.9 Å². The average Bonchev–Trinajstić information content (AvgIpc) is 3.49. The molecule has 2 amide bonds. The fraction of sp³-hybridized carbons (Fsp3) is 0.483. The summed E-state index contributed by atoms with van der Waals surface area (Å²) in [5.74, 6) is 0.410. The fourth-order valence-electron chi connectivity index (χ4n) is 5.39. The predicted octanol–water partition coefficient (Wildman–Crippen LogP) is 3.04. The van der Waals surface area contributed by atoms with Gasteiger partial charge in [0.1, 0.15) is 17.5 Å². The van der Waals surface area contributed by atoms with Crippen LogP contribution in [0.25, 0.3) is 0 Å². The van der Waals surface area contributed by atoms with Crippen molar-refractivity contribution < 1.29 is 24.2 Å². The molecular weight excluding hydrogens is 526 g/mol. The molecule has 41 heavy (non-hydrogen) atoms. The standard InChI is InChI=1S/C29H39N7O5/c1-5-22-28(40)35(3)23-18-31-29(33-26(23)36(22)20-9-6-7-10-20)32-21-13-12-19(17-24(21)41-4)27(39)30-14-16-34(2)15-8-11-25(37)38/h8,11-13,17-18,20,22H,5-7,9-10,14-16H2,1-4H3,(H,30,39)(H,37,38)(H,31,32,33)/b11-8+. The predicted molar refractivity (Wildman–Crippen MR) is 157 cm³/mol. The van der Waals surface area contributed by atoms with Gasteiger partial charge in [-0.15, -0.1) is 0 Å². The number of fused-ring (bicyclic) bond motifs is 1. The van der Waals surface area contributed by atoms with Crippen LogP contribution in [0.15, 0.2) is 36.5 Å². The molecule has 1 aromatic heterocycles. The largest absolute Gasteiger partial charge is 0.495 e. The molecule has 12 nitrogen and oxygen atoms in total. The minimum atomic E-state index is -0.989. The molecule has 0 spiro atoms. The summed E-state index contributed by atoms with van der Waals surface area (Å²) in [5, 5.41) is 14.8. The van der Waals surface area contributed by atoms with Crippen molar-refractivity contribution in [2.75, 3.05) is 56.0 Å². The maximum absolute atomic E-state index is 13.1. The molecule has 2 aliphatic rings. The number of aliphatic carboxylic acids is 1. The minimum absolute atomic E-state index is 0.0633. The first-order valence-corrected chi connectivity index (χ1v) is 14.0. The molecule has 1 fully saturated rings. The zero-order valence-electron chi connectivity index (χ0n) is 24.1. The third-order valence-corrected chi connectivity index (χ3v) is 7.58. The van der Waals surface area contributed by atoms with Gasteiger partial charge in [0.2, 0.25) is 11.9 Å². The summed E-state index contributed by atoms with van der Waals surface area (Å²) in [6, 6.07) is 5.11.